The molecule has 0 aliphatic carbocycles. The zero-order valence-electron chi connectivity index (χ0n) is 21.0. The smallest absolute Gasteiger partial charge is 0.261 e. The Kier molecular flexibility index (Phi) is 8.70. The summed E-state index contributed by atoms with van der Waals surface area (Å²) in [5.74, 6) is 0.0903. The number of rotatable bonds is 8. The number of benzene rings is 2. The van der Waals surface area contributed by atoms with E-state index < -0.39 is 8.32 Å². The molecule has 4 atom stereocenters. The Bertz CT molecular complexity index is 852. The van der Waals surface area contributed by atoms with E-state index in [2.05, 4.69) is 94.4 Å². The summed E-state index contributed by atoms with van der Waals surface area (Å²) >= 11 is 0. The van der Waals surface area contributed by atoms with Gasteiger partial charge >= 0.3 is 0 Å². The van der Waals surface area contributed by atoms with E-state index in [1.165, 1.54) is 10.4 Å². The predicted octanol–water partition coefficient (Wildman–Crippen LogP) is 4.66. The molecule has 0 amide bonds. The molecule has 1 aliphatic rings. The Morgan fingerprint density at radius 2 is 1.61 bits per heavy atom. The van der Waals surface area contributed by atoms with Crippen LogP contribution in [0.2, 0.25) is 5.04 Å². The second-order valence-electron chi connectivity index (χ2n) is 10.2. The third-order valence-corrected chi connectivity index (χ3v) is 11.7. The van der Waals surface area contributed by atoms with Crippen molar-refractivity contribution in [2.24, 2.45) is 5.92 Å². The molecule has 0 aromatic heterocycles. The summed E-state index contributed by atoms with van der Waals surface area (Å²) in [6, 6.07) is 21.5. The molecule has 3 rings (SSSR count). The standard InChI is InChI=1S/C28H40O4Si/c1-21(20-29)17-22(2)26-18-23(19-27(30-6)31-26)32-33(28(3,4)5,24-13-9-7-10-14-24)25-15-11-8-12-16-25/h7-17,21,23,26-27,29H,18-20H2,1-6H3/b22-17+/t21-,23-,26-,27-/m0/s1. The van der Waals surface area contributed by atoms with E-state index in [-0.39, 0.29) is 36.1 Å². The fourth-order valence-electron chi connectivity index (χ4n) is 4.94. The Labute approximate surface area is 200 Å². The molecular weight excluding hydrogens is 428 g/mol. The quantitative estimate of drug-likeness (QED) is 0.452. The number of aliphatic hydroxyl groups excluding tert-OH is 1. The minimum Gasteiger partial charge on any atom is -0.404 e. The molecule has 0 radical (unpaired) electrons. The minimum absolute atomic E-state index is 0.00668. The van der Waals surface area contributed by atoms with E-state index in [4.69, 9.17) is 13.9 Å². The van der Waals surface area contributed by atoms with Crippen LogP contribution in [0.5, 0.6) is 0 Å². The lowest BCUT2D eigenvalue weighted by atomic mass is 9.97. The molecule has 180 valence electrons. The van der Waals surface area contributed by atoms with Gasteiger partial charge in [0, 0.05) is 26.6 Å². The lowest BCUT2D eigenvalue weighted by molar-refractivity contribution is -0.191. The first-order valence-corrected chi connectivity index (χ1v) is 13.9. The number of hydrogen-bond donors (Lipinski definition) is 1. The van der Waals surface area contributed by atoms with Gasteiger partial charge in [-0.05, 0) is 33.8 Å². The van der Waals surface area contributed by atoms with E-state index in [0.29, 0.717) is 6.42 Å². The minimum atomic E-state index is -2.65. The first kappa shape index (κ1) is 25.9. The van der Waals surface area contributed by atoms with Crippen molar-refractivity contribution in [2.75, 3.05) is 13.7 Å². The fourth-order valence-corrected chi connectivity index (χ4v) is 9.64. The third kappa shape index (κ3) is 5.84. The van der Waals surface area contributed by atoms with Crippen LogP contribution in [0.1, 0.15) is 47.5 Å². The maximum absolute atomic E-state index is 9.50. The largest absolute Gasteiger partial charge is 0.404 e. The second-order valence-corrected chi connectivity index (χ2v) is 14.5. The highest BCUT2D eigenvalue weighted by molar-refractivity contribution is 6.99. The van der Waals surface area contributed by atoms with Crippen molar-refractivity contribution in [3.05, 3.63) is 72.3 Å². The molecule has 5 heteroatoms. The maximum Gasteiger partial charge on any atom is 0.261 e. The summed E-state index contributed by atoms with van der Waals surface area (Å²) in [4.78, 5) is 0. The maximum atomic E-state index is 9.50. The Balaban J connectivity index is 2.04. The van der Waals surface area contributed by atoms with E-state index in [1.54, 1.807) is 7.11 Å². The van der Waals surface area contributed by atoms with Gasteiger partial charge in [0.05, 0.1) is 12.2 Å². The summed E-state index contributed by atoms with van der Waals surface area (Å²) in [6.45, 7) is 11.1. The molecule has 33 heavy (non-hydrogen) atoms. The zero-order chi connectivity index (χ0) is 24.1. The summed E-state index contributed by atoms with van der Waals surface area (Å²) in [6.07, 6.45) is 3.14. The van der Waals surface area contributed by atoms with Crippen LogP contribution in [0.4, 0.5) is 0 Å². The van der Waals surface area contributed by atoms with E-state index in [1.807, 2.05) is 6.92 Å². The molecule has 0 spiro atoms. The third-order valence-electron chi connectivity index (χ3n) is 6.61. The summed E-state index contributed by atoms with van der Waals surface area (Å²) in [5.41, 5.74) is 1.12. The van der Waals surface area contributed by atoms with E-state index >= 15 is 0 Å². The lowest BCUT2D eigenvalue weighted by Crippen LogP contribution is -2.68. The predicted molar refractivity (Wildman–Crippen MR) is 137 cm³/mol. The summed E-state index contributed by atoms with van der Waals surface area (Å²) in [5, 5.41) is 12.0. The summed E-state index contributed by atoms with van der Waals surface area (Å²) in [7, 11) is -0.956. The van der Waals surface area contributed by atoms with Crippen LogP contribution < -0.4 is 10.4 Å². The highest BCUT2D eigenvalue weighted by atomic mass is 28.4. The molecule has 0 bridgehead atoms. The lowest BCUT2D eigenvalue weighted by Gasteiger charge is -2.47. The number of aliphatic hydroxyl groups is 1. The van der Waals surface area contributed by atoms with Gasteiger partial charge in [-0.15, -0.1) is 0 Å². The normalized spacial score (nSPS) is 23.4. The molecule has 0 saturated carbocycles. The molecule has 1 saturated heterocycles. The zero-order valence-corrected chi connectivity index (χ0v) is 22.0. The van der Waals surface area contributed by atoms with Gasteiger partial charge in [0.2, 0.25) is 0 Å². The van der Waals surface area contributed by atoms with E-state index in [9.17, 15) is 5.11 Å². The molecule has 4 nitrogen and oxygen atoms in total. The van der Waals surface area contributed by atoms with Crippen LogP contribution in [0.15, 0.2) is 72.3 Å². The molecule has 2 aromatic rings. The van der Waals surface area contributed by atoms with Crippen molar-refractivity contribution in [2.45, 2.75) is 71.0 Å². The molecule has 1 N–H and O–H groups in total. The van der Waals surface area contributed by atoms with Crippen LogP contribution in [-0.4, -0.2) is 45.6 Å². The van der Waals surface area contributed by atoms with Crippen LogP contribution in [0.25, 0.3) is 0 Å². The van der Waals surface area contributed by atoms with Crippen LogP contribution in [0, 0.1) is 5.92 Å². The molecule has 0 unspecified atom stereocenters. The van der Waals surface area contributed by atoms with Gasteiger partial charge in [-0.3, -0.25) is 0 Å². The van der Waals surface area contributed by atoms with Crippen molar-refractivity contribution in [1.29, 1.82) is 0 Å². The molecule has 1 aliphatic heterocycles. The Hall–Kier alpha value is -1.76. The van der Waals surface area contributed by atoms with Crippen LogP contribution in [-0.2, 0) is 13.9 Å². The SMILES string of the molecule is CO[C@@H]1C[C@@H](O[Si](c2ccccc2)(c2ccccc2)C(C)(C)C)C[C@@H](/C(C)=C/[C@H](C)CO)O1. The molecule has 1 heterocycles. The van der Waals surface area contributed by atoms with Crippen LogP contribution in [0.3, 0.4) is 0 Å². The highest BCUT2D eigenvalue weighted by Gasteiger charge is 2.52. The number of methoxy groups -OCH3 is 1. The topological polar surface area (TPSA) is 47.9 Å². The van der Waals surface area contributed by atoms with Crippen molar-refractivity contribution in [1.82, 2.24) is 0 Å². The fraction of sp³-hybridized carbons (Fsp3) is 0.500. The van der Waals surface area contributed by atoms with Gasteiger partial charge in [0.1, 0.15) is 0 Å². The van der Waals surface area contributed by atoms with E-state index in [0.717, 1.165) is 12.0 Å². The van der Waals surface area contributed by atoms with Gasteiger partial charge < -0.3 is 19.0 Å². The van der Waals surface area contributed by atoms with Gasteiger partial charge in [-0.1, -0.05) is 94.4 Å². The number of ether oxygens (including phenoxy) is 2. The molecular formula is C28H40O4Si. The van der Waals surface area contributed by atoms with Crippen molar-refractivity contribution < 1.29 is 19.0 Å². The van der Waals surface area contributed by atoms with Gasteiger partial charge in [-0.25, -0.2) is 0 Å². The second kappa shape index (κ2) is 11.1. The van der Waals surface area contributed by atoms with Crippen molar-refractivity contribution >= 4 is 18.7 Å². The first-order chi connectivity index (χ1) is 15.7. The molecule has 1 fully saturated rings. The highest BCUT2D eigenvalue weighted by Crippen LogP contribution is 2.40. The van der Waals surface area contributed by atoms with Gasteiger partial charge in [0.15, 0.2) is 6.29 Å². The molecule has 2 aromatic carbocycles. The monoisotopic (exact) mass is 468 g/mol. The van der Waals surface area contributed by atoms with Crippen molar-refractivity contribution in [3.8, 4) is 0 Å². The first-order valence-electron chi connectivity index (χ1n) is 12.0. The van der Waals surface area contributed by atoms with Crippen LogP contribution >= 0.6 is 0 Å². The Morgan fingerprint density at radius 1 is 1.06 bits per heavy atom. The van der Waals surface area contributed by atoms with Gasteiger partial charge in [0.25, 0.3) is 8.32 Å². The Morgan fingerprint density at radius 3 is 2.06 bits per heavy atom. The number of hydrogen-bond acceptors (Lipinski definition) is 4. The average molecular weight is 469 g/mol. The summed E-state index contributed by atoms with van der Waals surface area (Å²) < 4.78 is 19.3. The van der Waals surface area contributed by atoms with Gasteiger partial charge in [-0.2, -0.15) is 0 Å². The van der Waals surface area contributed by atoms with Crippen molar-refractivity contribution in [3.63, 3.8) is 0 Å². The average Bonchev–Trinajstić information content (AvgIpc) is 2.82.